The maximum absolute atomic E-state index is 12.7. The van der Waals surface area contributed by atoms with Gasteiger partial charge in [0.15, 0.2) is 9.56 Å². The van der Waals surface area contributed by atoms with E-state index in [1.165, 1.54) is 16.2 Å². The van der Waals surface area contributed by atoms with Crippen LogP contribution in [0.4, 0.5) is 13.2 Å². The van der Waals surface area contributed by atoms with Crippen molar-refractivity contribution < 1.29 is 23.1 Å². The van der Waals surface area contributed by atoms with E-state index in [9.17, 15) is 23.1 Å². The Morgan fingerprint density at radius 1 is 1.48 bits per heavy atom. The standard InChI is InChI=1S/C12H15F3N2O2S2/c1-7-8(21-10(20)16-7)6-9(18)17-4-2-11(19,3-5-17)12(13,14)15/h19H,2-6H2,1H3,(H,16,20). The fraction of sp³-hybridized carbons (Fsp3) is 0.667. The lowest BCUT2D eigenvalue weighted by molar-refractivity contribution is -0.272. The Balaban J connectivity index is 1.98. The Morgan fingerprint density at radius 3 is 2.48 bits per heavy atom. The van der Waals surface area contributed by atoms with Gasteiger partial charge < -0.3 is 15.0 Å². The van der Waals surface area contributed by atoms with Crippen LogP contribution in [0, 0.1) is 10.9 Å². The number of hydrogen-bond acceptors (Lipinski definition) is 4. The van der Waals surface area contributed by atoms with Crippen LogP contribution in [0.3, 0.4) is 0 Å². The number of carbonyl (C=O) groups excluding carboxylic acids is 1. The summed E-state index contributed by atoms with van der Waals surface area (Å²) in [6.07, 6.45) is -5.50. The van der Waals surface area contributed by atoms with Crippen molar-refractivity contribution in [2.75, 3.05) is 13.1 Å². The van der Waals surface area contributed by atoms with E-state index in [1.807, 2.05) is 0 Å². The molecule has 1 amide bonds. The van der Waals surface area contributed by atoms with Crippen molar-refractivity contribution >= 4 is 29.5 Å². The number of piperidine rings is 1. The summed E-state index contributed by atoms with van der Waals surface area (Å²) < 4.78 is 38.6. The zero-order chi connectivity index (χ0) is 15.8. The molecule has 1 saturated heterocycles. The number of rotatable bonds is 2. The number of H-pyrrole nitrogens is 1. The minimum atomic E-state index is -4.65. The van der Waals surface area contributed by atoms with Crippen LogP contribution in [0.1, 0.15) is 23.4 Å². The maximum Gasteiger partial charge on any atom is 0.417 e. The number of hydrogen-bond donors (Lipinski definition) is 2. The molecule has 118 valence electrons. The van der Waals surface area contributed by atoms with Gasteiger partial charge in [-0.05, 0) is 19.1 Å². The van der Waals surface area contributed by atoms with Gasteiger partial charge in [0.2, 0.25) is 5.91 Å². The molecule has 1 aromatic heterocycles. The largest absolute Gasteiger partial charge is 0.417 e. The van der Waals surface area contributed by atoms with Crippen molar-refractivity contribution in [1.29, 1.82) is 0 Å². The minimum Gasteiger partial charge on any atom is -0.380 e. The monoisotopic (exact) mass is 340 g/mol. The van der Waals surface area contributed by atoms with Gasteiger partial charge in [0.25, 0.3) is 0 Å². The van der Waals surface area contributed by atoms with Gasteiger partial charge in [0, 0.05) is 36.5 Å². The number of alkyl halides is 3. The third-order valence-corrected chi connectivity index (χ3v) is 5.04. The fourth-order valence-electron chi connectivity index (χ4n) is 2.26. The molecule has 0 aromatic carbocycles. The number of nitrogens with one attached hydrogen (secondary N) is 1. The van der Waals surface area contributed by atoms with Gasteiger partial charge in [-0.15, -0.1) is 11.3 Å². The molecular formula is C12H15F3N2O2S2. The van der Waals surface area contributed by atoms with Crippen LogP contribution in [0.5, 0.6) is 0 Å². The molecule has 9 heteroatoms. The number of thiazole rings is 1. The molecule has 1 aliphatic heterocycles. The minimum absolute atomic E-state index is 0.0935. The Labute approximate surface area is 128 Å². The topological polar surface area (TPSA) is 56.3 Å². The highest BCUT2D eigenvalue weighted by atomic mass is 32.1. The molecule has 0 radical (unpaired) electrons. The molecule has 4 nitrogen and oxygen atoms in total. The van der Waals surface area contributed by atoms with Crippen molar-refractivity contribution in [2.24, 2.45) is 0 Å². The van der Waals surface area contributed by atoms with Crippen molar-refractivity contribution in [1.82, 2.24) is 9.88 Å². The summed E-state index contributed by atoms with van der Waals surface area (Å²) >= 11 is 6.27. The number of amides is 1. The lowest BCUT2D eigenvalue weighted by Gasteiger charge is -2.39. The highest BCUT2D eigenvalue weighted by Gasteiger charge is 2.54. The first kappa shape index (κ1) is 16.4. The van der Waals surface area contributed by atoms with Gasteiger partial charge in [0.05, 0.1) is 6.42 Å². The molecule has 0 unspecified atom stereocenters. The molecule has 1 aliphatic rings. The second kappa shape index (κ2) is 5.69. The van der Waals surface area contributed by atoms with E-state index in [0.717, 1.165) is 10.6 Å². The molecule has 1 fully saturated rings. The van der Waals surface area contributed by atoms with Gasteiger partial charge in [0.1, 0.15) is 0 Å². The number of nitrogens with zero attached hydrogens (tertiary/aromatic N) is 1. The molecule has 0 bridgehead atoms. The summed E-state index contributed by atoms with van der Waals surface area (Å²) in [4.78, 5) is 17.2. The lowest BCUT2D eigenvalue weighted by atomic mass is 9.90. The highest BCUT2D eigenvalue weighted by Crippen LogP contribution is 2.38. The third kappa shape index (κ3) is 3.46. The van der Waals surface area contributed by atoms with Crippen LogP contribution < -0.4 is 0 Å². The predicted octanol–water partition coefficient (Wildman–Crippen LogP) is 2.57. The number of aliphatic hydroxyl groups is 1. The van der Waals surface area contributed by atoms with E-state index >= 15 is 0 Å². The van der Waals surface area contributed by atoms with Crippen molar-refractivity contribution in [3.05, 3.63) is 14.5 Å². The number of likely N-dealkylation sites (tertiary alicyclic amines) is 1. The number of halogens is 3. The second-order valence-corrected chi connectivity index (χ2v) is 6.92. The highest BCUT2D eigenvalue weighted by molar-refractivity contribution is 7.73. The fourth-order valence-corrected chi connectivity index (χ4v) is 3.55. The lowest BCUT2D eigenvalue weighted by Crippen LogP contribution is -2.54. The van der Waals surface area contributed by atoms with Gasteiger partial charge >= 0.3 is 6.18 Å². The van der Waals surface area contributed by atoms with Gasteiger partial charge in [-0.25, -0.2) is 0 Å². The van der Waals surface area contributed by atoms with E-state index in [0.29, 0.717) is 3.95 Å². The first-order valence-electron chi connectivity index (χ1n) is 6.38. The van der Waals surface area contributed by atoms with E-state index in [2.05, 4.69) is 4.98 Å². The maximum atomic E-state index is 12.7. The zero-order valence-corrected chi connectivity index (χ0v) is 12.9. The third-order valence-electron chi connectivity index (χ3n) is 3.71. The second-order valence-electron chi connectivity index (χ2n) is 5.15. The summed E-state index contributed by atoms with van der Waals surface area (Å²) in [5.74, 6) is -0.243. The smallest absolute Gasteiger partial charge is 0.380 e. The first-order valence-corrected chi connectivity index (χ1v) is 7.60. The summed E-state index contributed by atoms with van der Waals surface area (Å²) in [6.45, 7) is 1.61. The van der Waals surface area contributed by atoms with Crippen LogP contribution in [-0.4, -0.2) is 45.8 Å². The van der Waals surface area contributed by atoms with Crippen LogP contribution in [-0.2, 0) is 11.2 Å². The molecule has 2 rings (SSSR count). The van der Waals surface area contributed by atoms with E-state index in [4.69, 9.17) is 12.2 Å². The van der Waals surface area contributed by atoms with E-state index < -0.39 is 24.6 Å². The van der Waals surface area contributed by atoms with Gasteiger partial charge in [-0.2, -0.15) is 13.2 Å². The summed E-state index contributed by atoms with van der Waals surface area (Å²) in [5, 5.41) is 9.56. The van der Waals surface area contributed by atoms with Crippen LogP contribution >= 0.6 is 23.6 Å². The normalized spacial score (nSPS) is 18.8. The molecule has 1 aromatic rings. The Bertz CT molecular complexity index is 586. The predicted molar refractivity (Wildman–Crippen MR) is 74.8 cm³/mol. The molecule has 21 heavy (non-hydrogen) atoms. The number of aryl methyl sites for hydroxylation is 1. The summed E-state index contributed by atoms with van der Waals surface area (Å²) in [6, 6.07) is 0. The average Bonchev–Trinajstić information content (AvgIpc) is 2.67. The quantitative estimate of drug-likeness (QED) is 0.814. The molecule has 0 aliphatic carbocycles. The van der Waals surface area contributed by atoms with Crippen LogP contribution in [0.25, 0.3) is 0 Å². The Hall–Kier alpha value is -0.930. The van der Waals surface area contributed by atoms with Crippen molar-refractivity contribution in [3.8, 4) is 0 Å². The Kier molecular flexibility index (Phi) is 4.46. The van der Waals surface area contributed by atoms with Gasteiger partial charge in [-0.1, -0.05) is 0 Å². The van der Waals surface area contributed by atoms with Crippen molar-refractivity contribution in [2.45, 2.75) is 38.0 Å². The SMILES string of the molecule is Cc1[nH]c(=S)sc1CC(=O)N1CCC(O)(C(F)(F)F)CC1. The number of aromatic nitrogens is 1. The average molecular weight is 340 g/mol. The Morgan fingerprint density at radius 2 is 2.05 bits per heavy atom. The first-order chi connectivity index (χ1) is 9.62. The molecular weight excluding hydrogens is 325 g/mol. The van der Waals surface area contributed by atoms with Crippen LogP contribution in [0.15, 0.2) is 0 Å². The molecule has 2 N–H and O–H groups in total. The van der Waals surface area contributed by atoms with E-state index in [-0.39, 0.29) is 25.4 Å². The summed E-state index contributed by atoms with van der Waals surface area (Å²) in [7, 11) is 0. The number of aromatic amines is 1. The van der Waals surface area contributed by atoms with Gasteiger partial charge in [-0.3, -0.25) is 4.79 Å². The molecule has 0 spiro atoms. The zero-order valence-electron chi connectivity index (χ0n) is 11.3. The van der Waals surface area contributed by atoms with Crippen molar-refractivity contribution in [3.63, 3.8) is 0 Å². The molecule has 2 heterocycles. The van der Waals surface area contributed by atoms with Crippen LogP contribution in [0.2, 0.25) is 0 Å². The summed E-state index contributed by atoms with van der Waals surface area (Å²) in [5.41, 5.74) is -1.87. The molecule has 0 atom stereocenters. The number of carbonyl (C=O) groups is 1. The van der Waals surface area contributed by atoms with E-state index in [1.54, 1.807) is 6.92 Å². The molecule has 0 saturated carbocycles.